The number of benzene rings is 1. The number of amides is 2. The topological polar surface area (TPSA) is 82.3 Å². The van der Waals surface area contributed by atoms with Crippen LogP contribution in [0.25, 0.3) is 0 Å². The summed E-state index contributed by atoms with van der Waals surface area (Å²) in [7, 11) is 0. The molecule has 2 amide bonds. The average Bonchev–Trinajstić information content (AvgIpc) is 3.04. The molecule has 8 heteroatoms. The molecule has 0 radical (unpaired) electrons. The lowest BCUT2D eigenvalue weighted by Crippen LogP contribution is -2.44. The Balaban J connectivity index is 1.75. The molecule has 2 aromatic rings. The van der Waals surface area contributed by atoms with Gasteiger partial charge in [-0.3, -0.25) is 14.4 Å². The smallest absolute Gasteiger partial charge is 0.256 e. The predicted molar refractivity (Wildman–Crippen MR) is 89.4 cm³/mol. The summed E-state index contributed by atoms with van der Waals surface area (Å²) in [5.41, 5.74) is 0.344. The zero-order valence-corrected chi connectivity index (χ0v) is 13.3. The van der Waals surface area contributed by atoms with Gasteiger partial charge in [-0.2, -0.15) is 0 Å². The molecule has 2 N–H and O–H groups in total. The van der Waals surface area contributed by atoms with Crippen molar-refractivity contribution in [2.24, 2.45) is 0 Å². The lowest BCUT2D eigenvalue weighted by atomic mass is 10.2. The lowest BCUT2D eigenvalue weighted by Gasteiger charge is -2.23. The minimum absolute atomic E-state index is 0.303. The van der Waals surface area contributed by atoms with Crippen LogP contribution in [0.15, 0.2) is 47.4 Å². The number of halogens is 1. The highest BCUT2D eigenvalue weighted by molar-refractivity contribution is 7.99. The molecule has 1 unspecified atom stereocenters. The Bertz CT molecular complexity index is 819. The molecule has 1 aromatic heterocycles. The van der Waals surface area contributed by atoms with Crippen molar-refractivity contribution in [1.82, 2.24) is 9.88 Å². The molecular weight excluding hydrogens is 333 g/mol. The van der Waals surface area contributed by atoms with E-state index in [0.29, 0.717) is 22.9 Å². The molecule has 1 aliphatic heterocycles. The quantitative estimate of drug-likeness (QED) is 0.885. The van der Waals surface area contributed by atoms with Crippen LogP contribution in [0, 0.1) is 5.82 Å². The Kier molecular flexibility index (Phi) is 4.66. The van der Waals surface area contributed by atoms with E-state index in [1.807, 2.05) is 0 Å². The Labute approximate surface area is 141 Å². The first-order chi connectivity index (χ1) is 11.5. The first kappa shape index (κ1) is 16.3. The Morgan fingerprint density at radius 2 is 2.12 bits per heavy atom. The van der Waals surface area contributed by atoms with Gasteiger partial charge in [0.05, 0.1) is 11.4 Å². The van der Waals surface area contributed by atoms with Crippen LogP contribution in [0.3, 0.4) is 0 Å². The van der Waals surface area contributed by atoms with Crippen molar-refractivity contribution in [3.63, 3.8) is 0 Å². The summed E-state index contributed by atoms with van der Waals surface area (Å²) >= 11 is 1.46. The van der Waals surface area contributed by atoms with Crippen molar-refractivity contribution in [1.29, 1.82) is 0 Å². The van der Waals surface area contributed by atoms with E-state index in [0.717, 1.165) is 0 Å². The molecule has 0 aliphatic carbocycles. The van der Waals surface area contributed by atoms with Gasteiger partial charge in [0, 0.05) is 23.7 Å². The third kappa shape index (κ3) is 3.48. The number of hydrogen-bond acceptors (Lipinski definition) is 4. The molecule has 124 valence electrons. The number of nitrogens with one attached hydrogen (secondary N) is 2. The first-order valence-corrected chi connectivity index (χ1v) is 8.34. The second-order valence-electron chi connectivity index (χ2n) is 5.23. The molecule has 1 saturated heterocycles. The third-order valence-electron chi connectivity index (χ3n) is 3.57. The third-order valence-corrected chi connectivity index (χ3v) is 4.58. The van der Waals surface area contributed by atoms with Crippen LogP contribution in [-0.2, 0) is 4.79 Å². The fourth-order valence-electron chi connectivity index (χ4n) is 2.36. The van der Waals surface area contributed by atoms with Crippen molar-refractivity contribution in [2.45, 2.75) is 6.04 Å². The Hall–Kier alpha value is -2.61. The van der Waals surface area contributed by atoms with Crippen molar-refractivity contribution in [3.8, 4) is 0 Å². The van der Waals surface area contributed by atoms with E-state index in [-0.39, 0.29) is 17.4 Å². The van der Waals surface area contributed by atoms with E-state index < -0.39 is 11.9 Å². The van der Waals surface area contributed by atoms with Gasteiger partial charge in [0.15, 0.2) is 0 Å². The summed E-state index contributed by atoms with van der Waals surface area (Å²) in [5, 5.41) is 2.63. The van der Waals surface area contributed by atoms with Gasteiger partial charge < -0.3 is 15.2 Å². The molecule has 24 heavy (non-hydrogen) atoms. The van der Waals surface area contributed by atoms with Crippen molar-refractivity contribution in [3.05, 3.63) is 64.3 Å². The van der Waals surface area contributed by atoms with Gasteiger partial charge in [0.1, 0.15) is 11.9 Å². The van der Waals surface area contributed by atoms with Crippen LogP contribution in [-0.4, -0.2) is 39.4 Å². The predicted octanol–water partition coefficient (Wildman–Crippen LogP) is 1.67. The number of rotatable bonds is 3. The molecule has 1 aromatic carbocycles. The molecule has 3 rings (SSSR count). The van der Waals surface area contributed by atoms with E-state index in [2.05, 4.69) is 10.3 Å². The highest BCUT2D eigenvalue weighted by atomic mass is 32.2. The summed E-state index contributed by atoms with van der Waals surface area (Å²) in [6.07, 6.45) is 1.33. The highest BCUT2D eigenvalue weighted by Crippen LogP contribution is 2.24. The molecule has 6 nitrogen and oxygen atoms in total. The van der Waals surface area contributed by atoms with Crippen LogP contribution >= 0.6 is 11.8 Å². The second kappa shape index (κ2) is 6.88. The maximum absolute atomic E-state index is 13.2. The molecule has 0 spiro atoms. The maximum Gasteiger partial charge on any atom is 0.256 e. The Morgan fingerprint density at radius 3 is 2.83 bits per heavy atom. The number of H-pyrrole nitrogens is 1. The van der Waals surface area contributed by atoms with E-state index in [1.54, 1.807) is 6.07 Å². The van der Waals surface area contributed by atoms with E-state index in [1.165, 1.54) is 53.2 Å². The number of hydrogen-bond donors (Lipinski definition) is 2. The van der Waals surface area contributed by atoms with Gasteiger partial charge in [0.25, 0.3) is 5.91 Å². The lowest BCUT2D eigenvalue weighted by molar-refractivity contribution is -0.119. The van der Waals surface area contributed by atoms with Crippen LogP contribution in [0.1, 0.15) is 10.4 Å². The normalized spacial score (nSPS) is 16.9. The van der Waals surface area contributed by atoms with Crippen molar-refractivity contribution in [2.75, 3.05) is 16.9 Å². The van der Waals surface area contributed by atoms with E-state index >= 15 is 0 Å². The Morgan fingerprint density at radius 1 is 1.29 bits per heavy atom. The summed E-state index contributed by atoms with van der Waals surface area (Å²) in [6, 6.07) is 7.61. The van der Waals surface area contributed by atoms with Gasteiger partial charge in [-0.05, 0) is 24.3 Å². The summed E-state index contributed by atoms with van der Waals surface area (Å²) in [4.78, 5) is 39.9. The molecular formula is C16H14FN3O3S. The number of carbonyl (C=O) groups is 2. The summed E-state index contributed by atoms with van der Waals surface area (Å²) in [5.74, 6) is -0.330. The monoisotopic (exact) mass is 347 g/mol. The van der Waals surface area contributed by atoms with Gasteiger partial charge in [-0.25, -0.2) is 4.39 Å². The van der Waals surface area contributed by atoms with Crippen LogP contribution in [0.5, 0.6) is 0 Å². The summed E-state index contributed by atoms with van der Waals surface area (Å²) < 4.78 is 13.2. The molecule has 2 heterocycles. The van der Waals surface area contributed by atoms with Gasteiger partial charge >= 0.3 is 0 Å². The standard InChI is InChI=1S/C16H14FN3O3S/c17-11-2-1-3-12(6-11)19-15(22)13-8-24-9-20(13)16(23)10-4-5-14(21)18-7-10/h1-7,13H,8-9H2,(H,18,21)(H,19,22). The fourth-order valence-corrected chi connectivity index (χ4v) is 3.52. The molecule has 1 atom stereocenters. The minimum atomic E-state index is -0.655. The van der Waals surface area contributed by atoms with Crippen LogP contribution in [0.2, 0.25) is 0 Å². The number of thioether (sulfide) groups is 1. The van der Waals surface area contributed by atoms with Gasteiger partial charge in [0.2, 0.25) is 11.5 Å². The zero-order chi connectivity index (χ0) is 17.1. The summed E-state index contributed by atoms with van der Waals surface area (Å²) in [6.45, 7) is 0. The van der Waals surface area contributed by atoms with E-state index in [4.69, 9.17) is 0 Å². The minimum Gasteiger partial charge on any atom is -0.328 e. The average molecular weight is 347 g/mol. The van der Waals surface area contributed by atoms with Crippen molar-refractivity contribution >= 4 is 29.3 Å². The first-order valence-electron chi connectivity index (χ1n) is 7.18. The highest BCUT2D eigenvalue weighted by Gasteiger charge is 2.35. The molecule has 1 fully saturated rings. The molecule has 0 saturated carbocycles. The SMILES string of the molecule is O=C(Nc1cccc(F)c1)C1CSCN1C(=O)c1ccc(=O)[nH]c1. The number of carbonyl (C=O) groups excluding carboxylic acids is 2. The second-order valence-corrected chi connectivity index (χ2v) is 6.23. The maximum atomic E-state index is 13.2. The molecule has 1 aliphatic rings. The van der Waals surface area contributed by atoms with Crippen LogP contribution in [0.4, 0.5) is 10.1 Å². The number of aromatic nitrogens is 1. The van der Waals surface area contributed by atoms with Crippen molar-refractivity contribution < 1.29 is 14.0 Å². The van der Waals surface area contributed by atoms with Crippen LogP contribution < -0.4 is 10.9 Å². The number of nitrogens with zero attached hydrogens (tertiary/aromatic N) is 1. The number of aromatic amines is 1. The van der Waals surface area contributed by atoms with E-state index in [9.17, 15) is 18.8 Å². The number of anilines is 1. The largest absolute Gasteiger partial charge is 0.328 e. The number of pyridine rings is 1. The van der Waals surface area contributed by atoms with Gasteiger partial charge in [-0.15, -0.1) is 11.8 Å². The zero-order valence-electron chi connectivity index (χ0n) is 12.5. The van der Waals surface area contributed by atoms with Gasteiger partial charge in [-0.1, -0.05) is 6.07 Å². The fraction of sp³-hybridized carbons (Fsp3) is 0.188. The molecule has 0 bridgehead atoms.